The number of hydrogen-bond donors (Lipinski definition) is 0. The van der Waals surface area contributed by atoms with Gasteiger partial charge in [-0.1, -0.05) is 67.2 Å². The van der Waals surface area contributed by atoms with Crippen LogP contribution in [0.4, 0.5) is 0 Å². The van der Waals surface area contributed by atoms with Gasteiger partial charge >= 0.3 is 0 Å². The fourth-order valence-corrected chi connectivity index (χ4v) is 1.73. The number of carbonyl (C=O) groups is 2. The Labute approximate surface area is 111 Å². The zero-order valence-electron chi connectivity index (χ0n) is 10.3. The maximum atomic E-state index is 12.2. The van der Waals surface area contributed by atoms with Crippen LogP contribution in [0.25, 0.3) is 0 Å². The predicted octanol–water partition coefficient (Wildman–Crippen LogP) is 3.46. The molecule has 0 bridgehead atoms. The van der Waals surface area contributed by atoms with Crippen LogP contribution in [0.5, 0.6) is 0 Å². The molecular formula is C17H12O2. The average molecular weight is 248 g/mol. The van der Waals surface area contributed by atoms with Crippen molar-refractivity contribution in [1.29, 1.82) is 0 Å². The average Bonchev–Trinajstić information content (AvgIpc) is 2.49. The molecule has 19 heavy (non-hydrogen) atoms. The van der Waals surface area contributed by atoms with E-state index in [0.717, 1.165) is 0 Å². The van der Waals surface area contributed by atoms with Crippen molar-refractivity contribution in [1.82, 2.24) is 0 Å². The van der Waals surface area contributed by atoms with Gasteiger partial charge in [0.05, 0.1) is 0 Å². The van der Waals surface area contributed by atoms with Crippen molar-refractivity contribution in [2.45, 2.75) is 0 Å². The number of rotatable bonds is 4. The Morgan fingerprint density at radius 1 is 0.737 bits per heavy atom. The molecule has 0 N–H and O–H groups in total. The Kier molecular flexibility index (Phi) is 3.87. The summed E-state index contributed by atoms with van der Waals surface area (Å²) in [5.41, 5.74) is 3.35. The third-order valence-electron chi connectivity index (χ3n) is 2.70. The number of hydrogen-bond acceptors (Lipinski definition) is 2. The second kappa shape index (κ2) is 5.76. The number of benzene rings is 2. The number of carbonyl (C=O) groups excluding carboxylic acids is 2. The lowest BCUT2D eigenvalue weighted by Gasteiger charge is -2.03. The molecule has 0 aliphatic carbocycles. The van der Waals surface area contributed by atoms with E-state index in [1.807, 2.05) is 12.1 Å². The summed E-state index contributed by atoms with van der Waals surface area (Å²) in [5.74, 6) is -0.714. The van der Waals surface area contributed by atoms with Gasteiger partial charge in [0.1, 0.15) is 5.57 Å². The van der Waals surface area contributed by atoms with Gasteiger partial charge in [-0.05, 0) is 0 Å². The molecule has 2 nitrogen and oxygen atoms in total. The van der Waals surface area contributed by atoms with Gasteiger partial charge in [-0.25, -0.2) is 0 Å². The highest BCUT2D eigenvalue weighted by Gasteiger charge is 2.20. The first-order chi connectivity index (χ1) is 9.24. The van der Waals surface area contributed by atoms with Gasteiger partial charge in [0.25, 0.3) is 0 Å². The molecule has 0 atom stereocenters. The largest absolute Gasteiger partial charge is 0.288 e. The van der Waals surface area contributed by atoms with Gasteiger partial charge in [-0.3, -0.25) is 9.59 Å². The molecule has 0 unspecified atom stereocenters. The molecule has 0 saturated heterocycles. The molecule has 2 heteroatoms. The van der Waals surface area contributed by atoms with Crippen LogP contribution >= 0.6 is 0 Å². The second-order valence-electron chi connectivity index (χ2n) is 3.94. The van der Waals surface area contributed by atoms with Crippen molar-refractivity contribution in [3.63, 3.8) is 0 Å². The lowest BCUT2D eigenvalue weighted by Crippen LogP contribution is -2.12. The van der Waals surface area contributed by atoms with E-state index in [2.05, 4.69) is 12.3 Å². The Hall–Kier alpha value is -2.70. The van der Waals surface area contributed by atoms with Crippen LogP contribution in [0, 0.1) is 0 Å². The fourth-order valence-electron chi connectivity index (χ4n) is 1.73. The van der Waals surface area contributed by atoms with Crippen molar-refractivity contribution >= 4 is 11.6 Å². The van der Waals surface area contributed by atoms with Gasteiger partial charge in [0.2, 0.25) is 11.6 Å². The normalized spacial score (nSPS) is 9.47. The zero-order valence-corrected chi connectivity index (χ0v) is 10.3. The maximum Gasteiger partial charge on any atom is 0.204 e. The number of ketones is 2. The first-order valence-corrected chi connectivity index (χ1v) is 5.83. The van der Waals surface area contributed by atoms with Gasteiger partial charge in [0, 0.05) is 11.1 Å². The summed E-state index contributed by atoms with van der Waals surface area (Å²) in [5, 5.41) is 0. The Morgan fingerprint density at radius 2 is 1.11 bits per heavy atom. The highest BCUT2D eigenvalue weighted by atomic mass is 16.1. The van der Waals surface area contributed by atoms with Crippen LogP contribution < -0.4 is 0 Å². The second-order valence-corrected chi connectivity index (χ2v) is 3.94. The van der Waals surface area contributed by atoms with Crippen molar-refractivity contribution in [3.8, 4) is 0 Å². The van der Waals surface area contributed by atoms with Crippen molar-refractivity contribution in [2.75, 3.05) is 0 Å². The van der Waals surface area contributed by atoms with Gasteiger partial charge < -0.3 is 0 Å². The molecule has 0 aromatic heterocycles. The molecule has 2 aromatic carbocycles. The Morgan fingerprint density at radius 3 is 1.42 bits per heavy atom. The summed E-state index contributed by atoms with van der Waals surface area (Å²) in [6.07, 6.45) is 0. The van der Waals surface area contributed by atoms with Crippen LogP contribution in [0.3, 0.4) is 0 Å². The van der Waals surface area contributed by atoms with E-state index >= 15 is 0 Å². The summed E-state index contributed by atoms with van der Waals surface area (Å²) in [4.78, 5) is 24.5. The SMILES string of the molecule is C=C=C(C(=O)c1ccccc1)C(=O)c1ccccc1. The first-order valence-electron chi connectivity index (χ1n) is 5.83. The summed E-state index contributed by atoms with van der Waals surface area (Å²) in [7, 11) is 0. The highest BCUT2D eigenvalue weighted by Crippen LogP contribution is 2.13. The van der Waals surface area contributed by atoms with Crippen molar-refractivity contribution in [2.24, 2.45) is 0 Å². The molecule has 0 aliphatic heterocycles. The van der Waals surface area contributed by atoms with E-state index in [-0.39, 0.29) is 17.1 Å². The molecular weight excluding hydrogens is 236 g/mol. The lowest BCUT2D eigenvalue weighted by molar-refractivity contribution is 0.0963. The molecule has 2 rings (SSSR count). The lowest BCUT2D eigenvalue weighted by atomic mass is 9.96. The molecule has 0 amide bonds. The fraction of sp³-hybridized carbons (Fsp3) is 0. The number of allylic oxidation sites excluding steroid dienone is 1. The summed E-state index contributed by atoms with van der Waals surface area (Å²) >= 11 is 0. The van der Waals surface area contributed by atoms with Crippen LogP contribution in [-0.2, 0) is 0 Å². The van der Waals surface area contributed by atoms with Crippen LogP contribution in [0.15, 0.2) is 78.5 Å². The highest BCUT2D eigenvalue weighted by molar-refractivity contribution is 6.30. The molecule has 0 aliphatic rings. The molecule has 0 saturated carbocycles. The van der Waals surface area contributed by atoms with Gasteiger partial charge in [-0.15, -0.1) is 5.73 Å². The van der Waals surface area contributed by atoms with Crippen LogP contribution in [0.2, 0.25) is 0 Å². The quantitative estimate of drug-likeness (QED) is 0.273. The molecule has 0 fully saturated rings. The van der Waals surface area contributed by atoms with E-state index in [1.54, 1.807) is 48.5 Å². The topological polar surface area (TPSA) is 34.1 Å². The Balaban J connectivity index is 2.35. The summed E-state index contributed by atoms with van der Waals surface area (Å²) in [6, 6.07) is 17.3. The van der Waals surface area contributed by atoms with Crippen molar-refractivity contribution in [3.05, 3.63) is 89.7 Å². The van der Waals surface area contributed by atoms with E-state index < -0.39 is 0 Å². The number of Topliss-reactive ketones (excluding diaryl/α,β-unsaturated/α-hetero) is 2. The van der Waals surface area contributed by atoms with Crippen LogP contribution in [0.1, 0.15) is 20.7 Å². The smallest absolute Gasteiger partial charge is 0.204 e. The monoisotopic (exact) mass is 248 g/mol. The molecule has 0 heterocycles. The zero-order chi connectivity index (χ0) is 13.7. The summed E-state index contributed by atoms with van der Waals surface area (Å²) < 4.78 is 0. The molecule has 0 radical (unpaired) electrons. The standard InChI is InChI=1S/C17H12O2/c1-2-15(16(18)13-9-5-3-6-10-13)17(19)14-11-7-4-8-12-14/h3-12H,1H2. The third-order valence-corrected chi connectivity index (χ3v) is 2.70. The van der Waals surface area contributed by atoms with E-state index in [4.69, 9.17) is 0 Å². The summed E-state index contributed by atoms with van der Waals surface area (Å²) in [6.45, 7) is 3.45. The third kappa shape index (κ3) is 2.76. The van der Waals surface area contributed by atoms with Crippen molar-refractivity contribution < 1.29 is 9.59 Å². The van der Waals surface area contributed by atoms with Gasteiger partial charge in [0.15, 0.2) is 0 Å². The maximum absolute atomic E-state index is 12.2. The van der Waals surface area contributed by atoms with E-state index in [0.29, 0.717) is 11.1 Å². The van der Waals surface area contributed by atoms with Crippen LogP contribution in [-0.4, -0.2) is 11.6 Å². The predicted molar refractivity (Wildman–Crippen MR) is 74.2 cm³/mol. The van der Waals surface area contributed by atoms with E-state index in [1.165, 1.54) is 0 Å². The molecule has 92 valence electrons. The first kappa shape index (κ1) is 12.7. The minimum atomic E-state index is -0.357. The van der Waals surface area contributed by atoms with Gasteiger partial charge in [-0.2, -0.15) is 0 Å². The molecule has 0 spiro atoms. The molecule has 2 aromatic rings. The van der Waals surface area contributed by atoms with E-state index in [9.17, 15) is 9.59 Å². The minimum Gasteiger partial charge on any atom is -0.288 e. The Bertz CT molecular complexity index is 595. The minimum absolute atomic E-state index is 0.0302.